The van der Waals surface area contributed by atoms with Crippen LogP contribution in [0.2, 0.25) is 0 Å². The quantitative estimate of drug-likeness (QED) is 0.507. The smallest absolute Gasteiger partial charge is 0.255 e. The van der Waals surface area contributed by atoms with Crippen molar-refractivity contribution in [3.05, 3.63) is 101 Å². The molecule has 0 aromatic heterocycles. The fraction of sp³-hybridized carbons (Fsp3) is 0.222. The van der Waals surface area contributed by atoms with E-state index in [1.54, 1.807) is 31.2 Å². The maximum atomic E-state index is 12.7. The van der Waals surface area contributed by atoms with E-state index in [0.717, 1.165) is 24.2 Å². The molecule has 1 N–H and O–H groups in total. The van der Waals surface area contributed by atoms with Crippen molar-refractivity contribution in [2.24, 2.45) is 0 Å². The Kier molecular flexibility index (Phi) is 6.44. The molecule has 160 valence electrons. The van der Waals surface area contributed by atoms with Crippen molar-refractivity contribution < 1.29 is 9.59 Å². The maximum absolute atomic E-state index is 12.7. The van der Waals surface area contributed by atoms with Crippen LogP contribution in [0.5, 0.6) is 0 Å². The molecule has 5 nitrogen and oxygen atoms in total. The van der Waals surface area contributed by atoms with Crippen molar-refractivity contribution >= 4 is 17.4 Å². The Balaban J connectivity index is 1.43. The van der Waals surface area contributed by atoms with Gasteiger partial charge in [0.15, 0.2) is 5.78 Å². The van der Waals surface area contributed by atoms with Crippen LogP contribution < -0.4 is 5.32 Å². The Bertz CT molecular complexity index is 1160. The van der Waals surface area contributed by atoms with Gasteiger partial charge in [0, 0.05) is 35.9 Å². The molecule has 1 saturated carbocycles. The zero-order chi connectivity index (χ0) is 22.5. The first kappa shape index (κ1) is 21.5. The molecule has 1 fully saturated rings. The zero-order valence-electron chi connectivity index (χ0n) is 18.0. The van der Waals surface area contributed by atoms with Crippen LogP contribution in [-0.4, -0.2) is 22.6 Å². The van der Waals surface area contributed by atoms with Gasteiger partial charge in [0.1, 0.15) is 0 Å². The first-order valence-electron chi connectivity index (χ1n) is 10.8. The third kappa shape index (κ3) is 5.48. The highest BCUT2D eigenvalue weighted by Crippen LogP contribution is 2.30. The average Bonchev–Trinajstić information content (AvgIpc) is 3.65. The fourth-order valence-corrected chi connectivity index (χ4v) is 3.71. The highest BCUT2D eigenvalue weighted by molar-refractivity contribution is 6.04. The average molecular weight is 424 g/mol. The second kappa shape index (κ2) is 9.59. The molecule has 0 bridgehead atoms. The van der Waals surface area contributed by atoms with E-state index >= 15 is 0 Å². The second-order valence-corrected chi connectivity index (χ2v) is 8.23. The van der Waals surface area contributed by atoms with Crippen molar-refractivity contribution in [3.63, 3.8) is 0 Å². The topological polar surface area (TPSA) is 73.2 Å². The molecule has 0 atom stereocenters. The van der Waals surface area contributed by atoms with Crippen molar-refractivity contribution in [2.75, 3.05) is 5.32 Å². The molecule has 3 aromatic rings. The number of hydrogen-bond acceptors (Lipinski definition) is 4. The number of ketones is 1. The second-order valence-electron chi connectivity index (χ2n) is 8.23. The number of nitrogens with one attached hydrogen (secondary N) is 1. The van der Waals surface area contributed by atoms with Crippen LogP contribution in [0.4, 0.5) is 5.69 Å². The van der Waals surface area contributed by atoms with E-state index in [0.29, 0.717) is 22.9 Å². The molecular weight excluding hydrogens is 398 g/mol. The number of Topliss-reactive ketones (excluding diaryl/α,β-unsaturated/α-hetero) is 1. The summed E-state index contributed by atoms with van der Waals surface area (Å²) < 4.78 is 0. The molecule has 1 amide bonds. The lowest BCUT2D eigenvalue weighted by molar-refractivity contribution is 0.101. The largest absolute Gasteiger partial charge is 0.322 e. The standard InChI is InChI=1S/C27H25N3O2/c1-19(31)23-9-5-21(6-10-23)17-30(26-13-14-26)18-22-3-2-4-24(15-22)27(32)29-25-11-7-20(16-28)8-12-25/h2-12,15,26H,13-14,17-18H2,1H3,(H,29,32). The minimum atomic E-state index is -0.172. The SMILES string of the molecule is CC(=O)c1ccc(CN(Cc2cccc(C(=O)Nc3ccc(C#N)cc3)c2)C2CC2)cc1. The number of amides is 1. The van der Waals surface area contributed by atoms with Crippen LogP contribution in [0, 0.1) is 11.3 Å². The first-order valence-corrected chi connectivity index (χ1v) is 10.8. The van der Waals surface area contributed by atoms with Crippen molar-refractivity contribution in [2.45, 2.75) is 38.9 Å². The van der Waals surface area contributed by atoms with Gasteiger partial charge < -0.3 is 5.32 Å². The lowest BCUT2D eigenvalue weighted by Crippen LogP contribution is -2.25. The van der Waals surface area contributed by atoms with Gasteiger partial charge in [0.25, 0.3) is 5.91 Å². The number of benzene rings is 3. The Morgan fingerprint density at radius 3 is 2.25 bits per heavy atom. The van der Waals surface area contributed by atoms with Crippen molar-refractivity contribution in [1.82, 2.24) is 4.90 Å². The number of rotatable bonds is 8. The molecule has 0 aliphatic heterocycles. The van der Waals surface area contributed by atoms with Crippen molar-refractivity contribution in [3.8, 4) is 6.07 Å². The van der Waals surface area contributed by atoms with Gasteiger partial charge >= 0.3 is 0 Å². The summed E-state index contributed by atoms with van der Waals surface area (Å²) >= 11 is 0. The van der Waals surface area contributed by atoms with Gasteiger partial charge in [-0.05, 0) is 67.3 Å². The maximum Gasteiger partial charge on any atom is 0.255 e. The van der Waals surface area contributed by atoms with E-state index in [-0.39, 0.29) is 11.7 Å². The Morgan fingerprint density at radius 2 is 1.62 bits per heavy atom. The molecule has 3 aromatic carbocycles. The molecule has 0 heterocycles. The van der Waals surface area contributed by atoms with Crippen molar-refractivity contribution in [1.29, 1.82) is 5.26 Å². The fourth-order valence-electron chi connectivity index (χ4n) is 3.71. The lowest BCUT2D eigenvalue weighted by atomic mass is 10.1. The van der Waals surface area contributed by atoms with E-state index < -0.39 is 0 Å². The normalized spacial score (nSPS) is 12.9. The van der Waals surface area contributed by atoms with Crippen LogP contribution in [0.15, 0.2) is 72.8 Å². The summed E-state index contributed by atoms with van der Waals surface area (Å²) in [4.78, 5) is 26.7. The minimum absolute atomic E-state index is 0.0756. The lowest BCUT2D eigenvalue weighted by Gasteiger charge is -2.22. The first-order chi connectivity index (χ1) is 15.5. The summed E-state index contributed by atoms with van der Waals surface area (Å²) in [5, 5.41) is 11.8. The van der Waals surface area contributed by atoms with Gasteiger partial charge in [-0.3, -0.25) is 14.5 Å². The Labute approximate surface area is 188 Å². The van der Waals surface area contributed by atoms with E-state index in [2.05, 4.69) is 16.3 Å². The summed E-state index contributed by atoms with van der Waals surface area (Å²) in [6, 6.07) is 25.0. The van der Waals surface area contributed by atoms with Crippen LogP contribution in [0.3, 0.4) is 0 Å². The summed E-state index contributed by atoms with van der Waals surface area (Å²) in [6.07, 6.45) is 2.37. The summed E-state index contributed by atoms with van der Waals surface area (Å²) in [7, 11) is 0. The number of carbonyl (C=O) groups is 2. The Morgan fingerprint density at radius 1 is 0.938 bits per heavy atom. The predicted molar refractivity (Wildman–Crippen MR) is 124 cm³/mol. The van der Waals surface area contributed by atoms with Crippen LogP contribution in [0.1, 0.15) is 57.2 Å². The van der Waals surface area contributed by atoms with Gasteiger partial charge in [-0.25, -0.2) is 0 Å². The van der Waals surface area contributed by atoms with Gasteiger partial charge in [-0.15, -0.1) is 0 Å². The minimum Gasteiger partial charge on any atom is -0.322 e. The summed E-state index contributed by atoms with van der Waals surface area (Å²) in [5.74, 6) is -0.0963. The summed E-state index contributed by atoms with van der Waals surface area (Å²) in [6.45, 7) is 3.15. The molecule has 0 saturated heterocycles. The summed E-state index contributed by atoms with van der Waals surface area (Å²) in [5.41, 5.74) is 4.82. The van der Waals surface area contributed by atoms with Crippen LogP contribution >= 0.6 is 0 Å². The monoisotopic (exact) mass is 423 g/mol. The number of anilines is 1. The number of carbonyl (C=O) groups excluding carboxylic acids is 2. The zero-order valence-corrected chi connectivity index (χ0v) is 18.0. The van der Waals surface area contributed by atoms with Gasteiger partial charge in [-0.2, -0.15) is 5.26 Å². The third-order valence-corrected chi connectivity index (χ3v) is 5.66. The van der Waals surface area contributed by atoms with Gasteiger partial charge in [0.2, 0.25) is 0 Å². The molecule has 0 radical (unpaired) electrons. The molecule has 32 heavy (non-hydrogen) atoms. The molecular formula is C27H25N3O2. The number of nitrogens with zero attached hydrogens (tertiary/aromatic N) is 2. The van der Waals surface area contributed by atoms with E-state index in [9.17, 15) is 9.59 Å². The predicted octanol–water partition coefficient (Wildman–Crippen LogP) is 5.18. The molecule has 4 rings (SSSR count). The van der Waals surface area contributed by atoms with E-state index in [4.69, 9.17) is 5.26 Å². The molecule has 0 unspecified atom stereocenters. The third-order valence-electron chi connectivity index (χ3n) is 5.66. The van der Waals surface area contributed by atoms with Crippen LogP contribution in [-0.2, 0) is 13.1 Å². The molecule has 0 spiro atoms. The molecule has 1 aliphatic carbocycles. The molecule has 1 aliphatic rings. The highest BCUT2D eigenvalue weighted by atomic mass is 16.1. The van der Waals surface area contributed by atoms with Gasteiger partial charge in [0.05, 0.1) is 11.6 Å². The van der Waals surface area contributed by atoms with Crippen LogP contribution in [0.25, 0.3) is 0 Å². The highest BCUT2D eigenvalue weighted by Gasteiger charge is 2.29. The molecule has 5 heteroatoms. The Hall–Kier alpha value is -3.75. The number of hydrogen-bond donors (Lipinski definition) is 1. The van der Waals surface area contributed by atoms with E-state index in [1.165, 1.54) is 18.4 Å². The van der Waals surface area contributed by atoms with Gasteiger partial charge in [-0.1, -0.05) is 36.4 Å². The number of nitriles is 1. The van der Waals surface area contributed by atoms with E-state index in [1.807, 2.05) is 48.5 Å².